The van der Waals surface area contributed by atoms with Crippen molar-refractivity contribution < 1.29 is 0 Å². The van der Waals surface area contributed by atoms with E-state index >= 15 is 0 Å². The van der Waals surface area contributed by atoms with Gasteiger partial charge in [0.25, 0.3) is 0 Å². The number of nitrogens with one attached hydrogen (secondary N) is 1. The van der Waals surface area contributed by atoms with Gasteiger partial charge in [-0.15, -0.1) is 24.8 Å². The van der Waals surface area contributed by atoms with Gasteiger partial charge < -0.3 is 5.43 Å². The molecule has 1 N–H and O–H groups in total. The van der Waals surface area contributed by atoms with Gasteiger partial charge in [0.05, 0.1) is 0 Å². The standard InChI is InChI=1S/C6H11N3.2ClH/c1-2-3-8-9-5-4-7-6-9;;/h4-6,8H,2-3H2,1H3;2*1H. The van der Waals surface area contributed by atoms with Crippen molar-refractivity contribution in [3.05, 3.63) is 18.7 Å². The van der Waals surface area contributed by atoms with Gasteiger partial charge in [0.2, 0.25) is 0 Å². The summed E-state index contributed by atoms with van der Waals surface area (Å²) in [5.74, 6) is 0. The smallest absolute Gasteiger partial charge is 0.114 e. The summed E-state index contributed by atoms with van der Waals surface area (Å²) in [7, 11) is 0. The van der Waals surface area contributed by atoms with Crippen molar-refractivity contribution in [1.82, 2.24) is 9.66 Å². The molecule has 1 aromatic heterocycles. The molecular formula is C6H13Cl2N3. The number of halogens is 2. The van der Waals surface area contributed by atoms with E-state index in [1.54, 1.807) is 12.5 Å². The second kappa shape index (κ2) is 7.69. The quantitative estimate of drug-likeness (QED) is 0.800. The molecule has 0 fully saturated rings. The highest BCUT2D eigenvalue weighted by Gasteiger charge is 1.81. The first-order chi connectivity index (χ1) is 4.43. The first-order valence-electron chi connectivity index (χ1n) is 3.15. The van der Waals surface area contributed by atoms with E-state index < -0.39 is 0 Å². The van der Waals surface area contributed by atoms with Crippen LogP contribution in [0.4, 0.5) is 0 Å². The van der Waals surface area contributed by atoms with E-state index in [0.717, 1.165) is 13.0 Å². The summed E-state index contributed by atoms with van der Waals surface area (Å²) < 4.78 is 1.85. The summed E-state index contributed by atoms with van der Waals surface area (Å²) in [5, 5.41) is 0. The fourth-order valence-corrected chi connectivity index (χ4v) is 0.594. The molecule has 0 bridgehead atoms. The first-order valence-corrected chi connectivity index (χ1v) is 3.15. The minimum Gasteiger partial charge on any atom is -0.325 e. The van der Waals surface area contributed by atoms with E-state index in [4.69, 9.17) is 0 Å². The largest absolute Gasteiger partial charge is 0.325 e. The lowest BCUT2D eigenvalue weighted by atomic mass is 10.5. The van der Waals surface area contributed by atoms with E-state index in [0.29, 0.717) is 0 Å². The Hall–Kier alpha value is -0.410. The molecule has 3 nitrogen and oxygen atoms in total. The molecule has 0 saturated carbocycles. The van der Waals surface area contributed by atoms with Crippen LogP contribution in [-0.2, 0) is 0 Å². The van der Waals surface area contributed by atoms with E-state index in [1.807, 2.05) is 10.9 Å². The van der Waals surface area contributed by atoms with Gasteiger partial charge in [-0.1, -0.05) is 6.92 Å². The summed E-state index contributed by atoms with van der Waals surface area (Å²) in [6.45, 7) is 3.13. The Morgan fingerprint density at radius 3 is 2.64 bits per heavy atom. The Morgan fingerprint density at radius 2 is 2.18 bits per heavy atom. The molecule has 0 aliphatic rings. The summed E-state index contributed by atoms with van der Waals surface area (Å²) in [6.07, 6.45) is 6.52. The zero-order valence-electron chi connectivity index (χ0n) is 6.36. The number of imidazole rings is 1. The highest BCUT2D eigenvalue weighted by atomic mass is 35.5. The molecule has 0 unspecified atom stereocenters. The highest BCUT2D eigenvalue weighted by Crippen LogP contribution is 1.79. The minimum atomic E-state index is 0. The predicted molar refractivity (Wildman–Crippen MR) is 51.2 cm³/mol. The predicted octanol–water partition coefficient (Wildman–Crippen LogP) is 1.68. The molecular weight excluding hydrogens is 185 g/mol. The molecule has 0 spiro atoms. The maximum Gasteiger partial charge on any atom is 0.114 e. The summed E-state index contributed by atoms with van der Waals surface area (Å²) in [5.41, 5.74) is 3.13. The van der Waals surface area contributed by atoms with Crippen molar-refractivity contribution >= 4 is 24.8 Å². The number of nitrogens with zero attached hydrogens (tertiary/aromatic N) is 2. The lowest BCUT2D eigenvalue weighted by Gasteiger charge is -2.02. The van der Waals surface area contributed by atoms with Crippen molar-refractivity contribution in [3.63, 3.8) is 0 Å². The van der Waals surface area contributed by atoms with Crippen LogP contribution < -0.4 is 5.43 Å². The van der Waals surface area contributed by atoms with Crippen LogP contribution in [0.25, 0.3) is 0 Å². The Bertz CT molecular complexity index is 153. The molecule has 66 valence electrons. The Morgan fingerprint density at radius 1 is 1.45 bits per heavy atom. The van der Waals surface area contributed by atoms with Gasteiger partial charge >= 0.3 is 0 Å². The maximum atomic E-state index is 3.88. The van der Waals surface area contributed by atoms with E-state index in [1.165, 1.54) is 0 Å². The molecule has 1 rings (SSSR count). The first kappa shape index (κ1) is 13.2. The van der Waals surface area contributed by atoms with Crippen LogP contribution in [-0.4, -0.2) is 16.2 Å². The minimum absolute atomic E-state index is 0. The van der Waals surface area contributed by atoms with Gasteiger partial charge in [0.1, 0.15) is 6.33 Å². The fourth-order valence-electron chi connectivity index (χ4n) is 0.594. The van der Waals surface area contributed by atoms with Crippen molar-refractivity contribution in [2.24, 2.45) is 0 Å². The molecule has 0 aliphatic carbocycles. The summed E-state index contributed by atoms with van der Waals surface area (Å²) in [4.78, 5) is 3.88. The summed E-state index contributed by atoms with van der Waals surface area (Å²) in [6, 6.07) is 0. The monoisotopic (exact) mass is 197 g/mol. The zero-order valence-corrected chi connectivity index (χ0v) is 7.99. The van der Waals surface area contributed by atoms with Crippen molar-refractivity contribution in [2.75, 3.05) is 12.0 Å². The lowest BCUT2D eigenvalue weighted by molar-refractivity contribution is 0.807. The second-order valence-corrected chi connectivity index (χ2v) is 1.88. The van der Waals surface area contributed by atoms with E-state index in [2.05, 4.69) is 17.3 Å². The van der Waals surface area contributed by atoms with Crippen LogP contribution in [0, 0.1) is 0 Å². The maximum absolute atomic E-state index is 3.88. The third-order valence-corrected chi connectivity index (χ3v) is 1.05. The Balaban J connectivity index is 0. The SMILES string of the molecule is CCCNn1ccnc1.Cl.Cl. The summed E-state index contributed by atoms with van der Waals surface area (Å²) >= 11 is 0. The van der Waals surface area contributed by atoms with Gasteiger partial charge in [0.15, 0.2) is 0 Å². The molecule has 1 aromatic rings. The number of aromatic nitrogens is 2. The Kier molecular flexibility index (Phi) is 9.23. The molecule has 0 amide bonds. The third-order valence-electron chi connectivity index (χ3n) is 1.05. The van der Waals surface area contributed by atoms with Crippen LogP contribution in [0.3, 0.4) is 0 Å². The lowest BCUT2D eigenvalue weighted by Crippen LogP contribution is -2.12. The number of rotatable bonds is 3. The third kappa shape index (κ3) is 4.93. The van der Waals surface area contributed by atoms with Gasteiger partial charge in [0, 0.05) is 18.9 Å². The molecule has 0 saturated heterocycles. The fraction of sp³-hybridized carbons (Fsp3) is 0.500. The van der Waals surface area contributed by atoms with Gasteiger partial charge in [-0.25, -0.2) is 4.98 Å². The molecule has 0 aliphatic heterocycles. The van der Waals surface area contributed by atoms with E-state index in [9.17, 15) is 0 Å². The molecule has 0 aromatic carbocycles. The van der Waals surface area contributed by atoms with E-state index in [-0.39, 0.29) is 24.8 Å². The van der Waals surface area contributed by atoms with Crippen LogP contribution in [0.5, 0.6) is 0 Å². The van der Waals surface area contributed by atoms with Crippen LogP contribution in [0.15, 0.2) is 18.7 Å². The normalized spacial score (nSPS) is 7.73. The van der Waals surface area contributed by atoms with Crippen LogP contribution in [0.2, 0.25) is 0 Å². The molecule has 1 heterocycles. The van der Waals surface area contributed by atoms with Crippen molar-refractivity contribution in [3.8, 4) is 0 Å². The average molecular weight is 198 g/mol. The second-order valence-electron chi connectivity index (χ2n) is 1.88. The van der Waals surface area contributed by atoms with Crippen LogP contribution >= 0.6 is 24.8 Å². The number of hydrogen-bond acceptors (Lipinski definition) is 2. The van der Waals surface area contributed by atoms with Crippen molar-refractivity contribution in [1.29, 1.82) is 0 Å². The topological polar surface area (TPSA) is 29.9 Å². The van der Waals surface area contributed by atoms with Crippen LogP contribution in [0.1, 0.15) is 13.3 Å². The highest BCUT2D eigenvalue weighted by molar-refractivity contribution is 5.85. The molecule has 11 heavy (non-hydrogen) atoms. The Labute approximate surface area is 79.0 Å². The van der Waals surface area contributed by atoms with Gasteiger partial charge in [-0.3, -0.25) is 4.68 Å². The zero-order chi connectivity index (χ0) is 6.53. The average Bonchev–Trinajstić information content (AvgIpc) is 2.34. The van der Waals surface area contributed by atoms with Gasteiger partial charge in [-0.05, 0) is 6.42 Å². The number of hydrogen-bond donors (Lipinski definition) is 1. The molecule has 0 radical (unpaired) electrons. The van der Waals surface area contributed by atoms with Gasteiger partial charge in [-0.2, -0.15) is 0 Å². The van der Waals surface area contributed by atoms with Crippen molar-refractivity contribution in [2.45, 2.75) is 13.3 Å². The molecule has 5 heteroatoms. The molecule has 0 atom stereocenters.